The average molecular weight is 466 g/mol. The summed E-state index contributed by atoms with van der Waals surface area (Å²) in [5.74, 6) is -0.133. The molecule has 0 saturated heterocycles. The van der Waals surface area contributed by atoms with Gasteiger partial charge in [0.15, 0.2) is 6.04 Å². The molecule has 0 spiro atoms. The van der Waals surface area contributed by atoms with Crippen LogP contribution in [0.25, 0.3) is 0 Å². The highest BCUT2D eigenvalue weighted by Crippen LogP contribution is 2.23. The van der Waals surface area contributed by atoms with Crippen molar-refractivity contribution < 1.29 is 23.2 Å². The lowest BCUT2D eigenvalue weighted by Crippen LogP contribution is -3.09. The Bertz CT molecular complexity index is 998. The first-order valence-corrected chi connectivity index (χ1v) is 10.3. The maximum absolute atomic E-state index is 13.2. The van der Waals surface area contributed by atoms with Crippen LogP contribution in [0.4, 0.5) is 14.5 Å². The zero-order chi connectivity index (χ0) is 22.4. The molecule has 2 atom stereocenters. The lowest BCUT2D eigenvalue weighted by atomic mass is 10.0. The molecule has 0 bridgehead atoms. The highest BCUT2D eigenvalue weighted by atomic mass is 35.5. The van der Waals surface area contributed by atoms with Gasteiger partial charge in [0.1, 0.15) is 12.3 Å². The van der Waals surface area contributed by atoms with E-state index in [1.807, 2.05) is 37.4 Å². The molecular weight excluding hydrogens is 445 g/mol. The van der Waals surface area contributed by atoms with Crippen molar-refractivity contribution in [3.8, 4) is 5.75 Å². The number of anilines is 1. The van der Waals surface area contributed by atoms with Gasteiger partial charge in [0.25, 0.3) is 5.91 Å². The smallest absolute Gasteiger partial charge is 0.387 e. The molecule has 0 aliphatic rings. The maximum Gasteiger partial charge on any atom is 0.387 e. The highest BCUT2D eigenvalue weighted by Gasteiger charge is 2.29. The fourth-order valence-corrected chi connectivity index (χ4v) is 3.88. The molecule has 0 fully saturated rings. The second-order valence-corrected chi connectivity index (χ2v) is 7.91. The van der Waals surface area contributed by atoms with Gasteiger partial charge in [-0.15, -0.1) is 0 Å². The lowest BCUT2D eigenvalue weighted by Gasteiger charge is -2.25. The first kappa shape index (κ1) is 23.0. The third-order valence-electron chi connectivity index (χ3n) is 4.65. The molecule has 3 aromatic rings. The van der Waals surface area contributed by atoms with Gasteiger partial charge in [-0.25, -0.2) is 0 Å². The van der Waals surface area contributed by atoms with E-state index in [1.54, 1.807) is 30.3 Å². The van der Waals surface area contributed by atoms with Gasteiger partial charge in [-0.3, -0.25) is 4.79 Å². The van der Waals surface area contributed by atoms with Crippen molar-refractivity contribution in [2.24, 2.45) is 0 Å². The average Bonchev–Trinajstić information content (AvgIpc) is 2.69. The van der Waals surface area contributed by atoms with Crippen LogP contribution in [0, 0.1) is 0 Å². The molecule has 0 radical (unpaired) electrons. The van der Waals surface area contributed by atoms with Crippen molar-refractivity contribution in [1.82, 2.24) is 0 Å². The first-order chi connectivity index (χ1) is 14.8. The molecule has 2 N–H and O–H groups in total. The Hall–Kier alpha value is -2.67. The van der Waals surface area contributed by atoms with Crippen LogP contribution in [0.1, 0.15) is 17.2 Å². The summed E-state index contributed by atoms with van der Waals surface area (Å²) < 4.78 is 29.1. The number of likely N-dealkylation sites (N-methyl/N-ethyl adjacent to an activating group) is 1. The quantitative estimate of drug-likeness (QED) is 0.492. The molecule has 3 rings (SSSR count). The normalized spacial score (nSPS) is 13.0. The number of ether oxygens (including phenoxy) is 1. The van der Waals surface area contributed by atoms with E-state index in [0.717, 1.165) is 16.0 Å². The van der Waals surface area contributed by atoms with E-state index in [4.69, 9.17) is 23.2 Å². The summed E-state index contributed by atoms with van der Waals surface area (Å²) in [6, 6.07) is 20.1. The minimum Gasteiger partial charge on any atom is -0.435 e. The van der Waals surface area contributed by atoms with E-state index >= 15 is 0 Å². The van der Waals surface area contributed by atoms with Gasteiger partial charge in [0.05, 0.1) is 7.05 Å². The third kappa shape index (κ3) is 6.66. The van der Waals surface area contributed by atoms with E-state index in [2.05, 4.69) is 10.1 Å². The highest BCUT2D eigenvalue weighted by molar-refractivity contribution is 6.35. The van der Waals surface area contributed by atoms with Crippen molar-refractivity contribution in [2.75, 3.05) is 12.4 Å². The molecule has 4 nitrogen and oxygen atoms in total. The number of carbonyl (C=O) groups excluding carboxylic acids is 1. The van der Waals surface area contributed by atoms with Crippen LogP contribution in [0.15, 0.2) is 72.8 Å². The molecule has 0 saturated carbocycles. The molecular formula is C23H21Cl2F2N2O2+. The summed E-state index contributed by atoms with van der Waals surface area (Å²) in [5, 5.41) is 3.73. The molecule has 162 valence electrons. The number of carbonyl (C=O) groups is 1. The van der Waals surface area contributed by atoms with Crippen molar-refractivity contribution in [1.29, 1.82) is 0 Å². The van der Waals surface area contributed by atoms with Gasteiger partial charge >= 0.3 is 6.61 Å². The Kier molecular flexibility index (Phi) is 7.85. The van der Waals surface area contributed by atoms with Crippen LogP contribution < -0.4 is 15.0 Å². The predicted octanol–water partition coefficient (Wildman–Crippen LogP) is 4.99. The fourth-order valence-electron chi connectivity index (χ4n) is 3.36. The van der Waals surface area contributed by atoms with Crippen molar-refractivity contribution >= 4 is 34.8 Å². The minimum absolute atomic E-state index is 0.0894. The standard InChI is InChI=1S/C23H20Cl2F2N2O2/c1-29(14-15-7-9-20(10-8-15)31-23(26)27)21(16-5-3-2-4-6-16)22(30)28-19-12-17(24)11-18(25)13-19/h2-13,21,23H,14H2,1H3,(H,28,30)/p+1/t21-/m0/s1. The monoisotopic (exact) mass is 465 g/mol. The molecule has 1 unspecified atom stereocenters. The number of halogens is 4. The van der Waals surface area contributed by atoms with E-state index in [-0.39, 0.29) is 11.7 Å². The molecule has 8 heteroatoms. The summed E-state index contributed by atoms with van der Waals surface area (Å²) in [5.41, 5.74) is 2.21. The van der Waals surface area contributed by atoms with Gasteiger partial charge in [0.2, 0.25) is 0 Å². The second kappa shape index (κ2) is 10.6. The minimum atomic E-state index is -2.87. The number of benzene rings is 3. The van der Waals surface area contributed by atoms with Crippen molar-refractivity contribution in [2.45, 2.75) is 19.2 Å². The number of hydrogen-bond acceptors (Lipinski definition) is 2. The van der Waals surface area contributed by atoms with E-state index in [9.17, 15) is 13.6 Å². The van der Waals surface area contributed by atoms with Gasteiger partial charge in [0, 0.05) is 26.9 Å². The number of rotatable bonds is 8. The van der Waals surface area contributed by atoms with Crippen LogP contribution in [0.2, 0.25) is 10.0 Å². The topological polar surface area (TPSA) is 42.8 Å². The molecule has 31 heavy (non-hydrogen) atoms. The molecule has 0 aliphatic heterocycles. The lowest BCUT2D eigenvalue weighted by molar-refractivity contribution is -0.915. The van der Waals surface area contributed by atoms with E-state index in [1.165, 1.54) is 12.1 Å². The SMILES string of the molecule is C[NH+](Cc1ccc(OC(F)F)cc1)[C@H](C(=O)Nc1cc(Cl)cc(Cl)c1)c1ccccc1. The van der Waals surface area contributed by atoms with Crippen molar-refractivity contribution in [3.05, 3.63) is 94.0 Å². The zero-order valence-electron chi connectivity index (χ0n) is 16.6. The molecule has 3 aromatic carbocycles. The number of nitrogens with one attached hydrogen (secondary N) is 2. The van der Waals surface area contributed by atoms with Gasteiger partial charge in [-0.05, 0) is 42.5 Å². The Labute approximate surface area is 189 Å². The van der Waals surface area contributed by atoms with Gasteiger partial charge in [-0.1, -0.05) is 53.5 Å². The summed E-state index contributed by atoms with van der Waals surface area (Å²) >= 11 is 12.1. The first-order valence-electron chi connectivity index (χ1n) is 9.50. The van der Waals surface area contributed by atoms with Crippen LogP contribution in [-0.4, -0.2) is 19.6 Å². The summed E-state index contributed by atoms with van der Waals surface area (Å²) in [4.78, 5) is 14.1. The van der Waals surface area contributed by atoms with Gasteiger partial charge < -0.3 is 15.0 Å². The fraction of sp³-hybridized carbons (Fsp3) is 0.174. The van der Waals surface area contributed by atoms with Crippen molar-refractivity contribution in [3.63, 3.8) is 0 Å². The maximum atomic E-state index is 13.2. The molecule has 0 heterocycles. The molecule has 0 aliphatic carbocycles. The number of alkyl halides is 2. The Morgan fingerprint density at radius 2 is 1.61 bits per heavy atom. The van der Waals surface area contributed by atoms with Crippen LogP contribution >= 0.6 is 23.2 Å². The summed E-state index contributed by atoms with van der Waals surface area (Å²) in [7, 11) is 1.89. The van der Waals surface area contributed by atoms with Crippen LogP contribution in [0.3, 0.4) is 0 Å². The Balaban J connectivity index is 1.80. The third-order valence-corrected chi connectivity index (χ3v) is 5.09. The number of amides is 1. The zero-order valence-corrected chi connectivity index (χ0v) is 18.1. The van der Waals surface area contributed by atoms with Crippen LogP contribution in [-0.2, 0) is 11.3 Å². The molecule has 1 amide bonds. The van der Waals surface area contributed by atoms with E-state index < -0.39 is 12.7 Å². The number of quaternary nitrogens is 1. The Morgan fingerprint density at radius 1 is 1.00 bits per heavy atom. The largest absolute Gasteiger partial charge is 0.435 e. The van der Waals surface area contributed by atoms with E-state index in [0.29, 0.717) is 22.3 Å². The van der Waals surface area contributed by atoms with Gasteiger partial charge in [-0.2, -0.15) is 8.78 Å². The predicted molar refractivity (Wildman–Crippen MR) is 118 cm³/mol. The van der Waals surface area contributed by atoms with Crippen LogP contribution in [0.5, 0.6) is 5.75 Å². The molecule has 0 aromatic heterocycles. The summed E-state index contributed by atoms with van der Waals surface area (Å²) in [6.45, 7) is -2.39. The summed E-state index contributed by atoms with van der Waals surface area (Å²) in [6.07, 6.45) is 0. The Morgan fingerprint density at radius 3 is 2.19 bits per heavy atom. The second-order valence-electron chi connectivity index (χ2n) is 7.04. The number of hydrogen-bond donors (Lipinski definition) is 2.